The van der Waals surface area contributed by atoms with Gasteiger partial charge in [-0.05, 0) is 36.2 Å². The molecule has 1 heterocycles. The van der Waals surface area contributed by atoms with Crippen LogP contribution in [-0.2, 0) is 0 Å². The van der Waals surface area contributed by atoms with Crippen LogP contribution in [0.2, 0.25) is 5.02 Å². The molecule has 1 aromatic carbocycles. The Kier molecular flexibility index (Phi) is 4.64. The van der Waals surface area contributed by atoms with E-state index in [1.807, 2.05) is 43.3 Å². The van der Waals surface area contributed by atoms with E-state index < -0.39 is 0 Å². The van der Waals surface area contributed by atoms with E-state index in [1.165, 1.54) is 0 Å². The van der Waals surface area contributed by atoms with Crippen LogP contribution in [0.15, 0.2) is 52.5 Å². The molecule has 94 valence electrons. The summed E-state index contributed by atoms with van der Waals surface area (Å²) in [7, 11) is 0. The third kappa shape index (κ3) is 3.48. The van der Waals surface area contributed by atoms with Crippen molar-refractivity contribution < 1.29 is 5.11 Å². The molecule has 4 heteroatoms. The smallest absolute Gasteiger partial charge is 0.101 e. The molecule has 2 nitrogen and oxygen atoms in total. The highest BCUT2D eigenvalue weighted by molar-refractivity contribution is 7.99. The van der Waals surface area contributed by atoms with Crippen molar-refractivity contribution >= 4 is 23.4 Å². The fraction of sp³-hybridized carbons (Fsp3) is 0.214. The van der Waals surface area contributed by atoms with Gasteiger partial charge < -0.3 is 5.11 Å². The molecule has 0 radical (unpaired) electrons. The standard InChI is InChI=1S/C14H14ClNOS/c1-2-13(17)10-3-6-12(7-4-10)18-14-8-5-11(15)9-16-14/h3-9,13,17H,2H2,1H3. The van der Waals surface area contributed by atoms with Crippen molar-refractivity contribution in [3.8, 4) is 0 Å². The van der Waals surface area contributed by atoms with E-state index >= 15 is 0 Å². The Morgan fingerprint density at radius 2 is 1.94 bits per heavy atom. The summed E-state index contributed by atoms with van der Waals surface area (Å²) in [5, 5.41) is 11.3. The van der Waals surface area contributed by atoms with E-state index in [1.54, 1.807) is 18.0 Å². The lowest BCUT2D eigenvalue weighted by Gasteiger charge is -2.08. The largest absolute Gasteiger partial charge is 0.388 e. The van der Waals surface area contributed by atoms with Crippen molar-refractivity contribution in [1.82, 2.24) is 4.98 Å². The minimum Gasteiger partial charge on any atom is -0.388 e. The number of aromatic nitrogens is 1. The van der Waals surface area contributed by atoms with Gasteiger partial charge in [0, 0.05) is 11.1 Å². The summed E-state index contributed by atoms with van der Waals surface area (Å²) in [6, 6.07) is 11.6. The first-order valence-electron chi connectivity index (χ1n) is 5.76. The second kappa shape index (κ2) is 6.23. The zero-order valence-electron chi connectivity index (χ0n) is 10.0. The highest BCUT2D eigenvalue weighted by atomic mass is 35.5. The Bertz CT molecular complexity index is 498. The van der Waals surface area contributed by atoms with Crippen LogP contribution in [0.1, 0.15) is 25.0 Å². The average molecular weight is 280 g/mol. The number of hydrogen-bond donors (Lipinski definition) is 1. The van der Waals surface area contributed by atoms with Gasteiger partial charge in [-0.25, -0.2) is 4.98 Å². The van der Waals surface area contributed by atoms with Gasteiger partial charge in [0.2, 0.25) is 0 Å². The predicted molar refractivity (Wildman–Crippen MR) is 75.1 cm³/mol. The normalized spacial score (nSPS) is 12.4. The van der Waals surface area contributed by atoms with Crippen molar-refractivity contribution in [3.63, 3.8) is 0 Å². The van der Waals surface area contributed by atoms with Crippen LogP contribution in [0, 0.1) is 0 Å². The molecule has 1 N–H and O–H groups in total. The molecule has 1 aromatic heterocycles. The number of pyridine rings is 1. The highest BCUT2D eigenvalue weighted by Crippen LogP contribution is 2.28. The van der Waals surface area contributed by atoms with E-state index in [-0.39, 0.29) is 6.10 Å². The number of benzene rings is 1. The molecule has 0 saturated heterocycles. The number of halogens is 1. The van der Waals surface area contributed by atoms with Gasteiger partial charge in [-0.3, -0.25) is 0 Å². The monoisotopic (exact) mass is 279 g/mol. The molecule has 0 bridgehead atoms. The van der Waals surface area contributed by atoms with E-state index in [9.17, 15) is 5.11 Å². The van der Waals surface area contributed by atoms with Crippen LogP contribution >= 0.6 is 23.4 Å². The molecular formula is C14H14ClNOS. The number of nitrogens with zero attached hydrogens (tertiary/aromatic N) is 1. The van der Waals surface area contributed by atoms with E-state index in [0.717, 1.165) is 21.9 Å². The summed E-state index contributed by atoms with van der Waals surface area (Å²) in [6.45, 7) is 1.96. The fourth-order valence-electron chi connectivity index (χ4n) is 1.54. The van der Waals surface area contributed by atoms with Crippen LogP contribution < -0.4 is 0 Å². The lowest BCUT2D eigenvalue weighted by Crippen LogP contribution is -1.94. The van der Waals surface area contributed by atoms with Crippen LogP contribution in [0.25, 0.3) is 0 Å². The van der Waals surface area contributed by atoms with Crippen molar-refractivity contribution in [2.75, 3.05) is 0 Å². The van der Waals surface area contributed by atoms with Gasteiger partial charge in [0.1, 0.15) is 5.03 Å². The SMILES string of the molecule is CCC(O)c1ccc(Sc2ccc(Cl)cn2)cc1. The molecule has 2 rings (SSSR count). The molecule has 18 heavy (non-hydrogen) atoms. The summed E-state index contributed by atoms with van der Waals surface area (Å²) in [4.78, 5) is 5.32. The maximum Gasteiger partial charge on any atom is 0.101 e. The van der Waals surface area contributed by atoms with Gasteiger partial charge in [0.25, 0.3) is 0 Å². The molecular weight excluding hydrogens is 266 g/mol. The first-order chi connectivity index (χ1) is 8.69. The molecule has 0 amide bonds. The summed E-state index contributed by atoms with van der Waals surface area (Å²) in [5.41, 5.74) is 0.950. The van der Waals surface area contributed by atoms with Gasteiger partial charge in [-0.2, -0.15) is 0 Å². The van der Waals surface area contributed by atoms with Crippen LogP contribution in [0.3, 0.4) is 0 Å². The average Bonchev–Trinajstić information content (AvgIpc) is 2.41. The highest BCUT2D eigenvalue weighted by Gasteiger charge is 2.05. The molecule has 0 aliphatic heterocycles. The fourth-order valence-corrected chi connectivity index (χ4v) is 2.40. The van der Waals surface area contributed by atoms with Crippen molar-refractivity contribution in [1.29, 1.82) is 0 Å². The van der Waals surface area contributed by atoms with Gasteiger partial charge in [-0.15, -0.1) is 0 Å². The second-order valence-corrected chi connectivity index (χ2v) is 5.44. The van der Waals surface area contributed by atoms with E-state index in [0.29, 0.717) is 5.02 Å². The minimum absolute atomic E-state index is 0.377. The van der Waals surface area contributed by atoms with Crippen molar-refractivity contribution in [2.45, 2.75) is 29.4 Å². The Hall–Kier alpha value is -1.03. The lowest BCUT2D eigenvalue weighted by molar-refractivity contribution is 0.173. The van der Waals surface area contributed by atoms with Crippen molar-refractivity contribution in [3.05, 3.63) is 53.2 Å². The maximum atomic E-state index is 9.71. The topological polar surface area (TPSA) is 33.1 Å². The summed E-state index contributed by atoms with van der Waals surface area (Å²) >= 11 is 7.36. The molecule has 2 aromatic rings. The molecule has 0 aliphatic carbocycles. The lowest BCUT2D eigenvalue weighted by atomic mass is 10.1. The van der Waals surface area contributed by atoms with Gasteiger partial charge in [0.15, 0.2) is 0 Å². The van der Waals surface area contributed by atoms with Crippen LogP contribution in [0.5, 0.6) is 0 Å². The van der Waals surface area contributed by atoms with Gasteiger partial charge in [0.05, 0.1) is 11.1 Å². The summed E-state index contributed by atoms with van der Waals surface area (Å²) in [5.74, 6) is 0. The second-order valence-electron chi connectivity index (χ2n) is 3.91. The first-order valence-corrected chi connectivity index (χ1v) is 6.96. The number of rotatable bonds is 4. The van der Waals surface area contributed by atoms with Gasteiger partial charge in [-0.1, -0.05) is 42.4 Å². The zero-order valence-corrected chi connectivity index (χ0v) is 11.6. The third-order valence-electron chi connectivity index (χ3n) is 2.57. The Balaban J connectivity index is 2.08. The third-order valence-corrected chi connectivity index (χ3v) is 3.76. The van der Waals surface area contributed by atoms with Gasteiger partial charge >= 0.3 is 0 Å². The van der Waals surface area contributed by atoms with E-state index in [4.69, 9.17) is 11.6 Å². The number of aliphatic hydroxyl groups is 1. The molecule has 0 fully saturated rings. The maximum absolute atomic E-state index is 9.71. The molecule has 0 aliphatic rings. The molecule has 0 spiro atoms. The molecule has 0 saturated carbocycles. The Labute approximate surface area is 116 Å². The Morgan fingerprint density at radius 1 is 1.22 bits per heavy atom. The number of aliphatic hydroxyl groups excluding tert-OH is 1. The quantitative estimate of drug-likeness (QED) is 0.904. The number of hydrogen-bond acceptors (Lipinski definition) is 3. The summed E-state index contributed by atoms with van der Waals surface area (Å²) in [6.07, 6.45) is 1.99. The van der Waals surface area contributed by atoms with Crippen molar-refractivity contribution in [2.24, 2.45) is 0 Å². The first kappa shape index (κ1) is 13.4. The zero-order chi connectivity index (χ0) is 13.0. The van der Waals surface area contributed by atoms with E-state index in [2.05, 4.69) is 4.98 Å². The predicted octanol–water partition coefficient (Wildman–Crippen LogP) is 4.33. The summed E-state index contributed by atoms with van der Waals surface area (Å²) < 4.78 is 0. The Morgan fingerprint density at radius 3 is 2.50 bits per heavy atom. The van der Waals surface area contributed by atoms with Crippen LogP contribution in [0.4, 0.5) is 0 Å². The molecule has 1 unspecified atom stereocenters. The van der Waals surface area contributed by atoms with Crippen LogP contribution in [-0.4, -0.2) is 10.1 Å². The molecule has 1 atom stereocenters. The minimum atomic E-state index is -0.377.